The van der Waals surface area contributed by atoms with Gasteiger partial charge in [0.15, 0.2) is 0 Å². The van der Waals surface area contributed by atoms with Crippen molar-refractivity contribution in [3.8, 4) is 0 Å². The fourth-order valence-corrected chi connectivity index (χ4v) is 5.41. The molecule has 0 fully saturated rings. The van der Waals surface area contributed by atoms with Gasteiger partial charge in [0.05, 0.1) is 28.2 Å². The smallest absolute Gasteiger partial charge is 0.342 e. The van der Waals surface area contributed by atoms with E-state index in [0.29, 0.717) is 12.0 Å². The molecular weight excluding hydrogens is 382 g/mol. The monoisotopic (exact) mass is 399 g/mol. The van der Waals surface area contributed by atoms with Crippen molar-refractivity contribution >= 4 is 29.0 Å². The number of anilines is 1. The van der Waals surface area contributed by atoms with E-state index >= 15 is 0 Å². The molecule has 3 aliphatic rings. The number of ether oxygens (including phenoxy) is 1. The highest BCUT2D eigenvalue weighted by molar-refractivity contribution is 8.03. The molecule has 29 heavy (non-hydrogen) atoms. The second-order valence-corrected chi connectivity index (χ2v) is 8.36. The Kier molecular flexibility index (Phi) is 3.67. The second-order valence-electron chi connectivity index (χ2n) is 7.31. The molecule has 3 aromatic rings. The van der Waals surface area contributed by atoms with Crippen molar-refractivity contribution in [2.24, 2.45) is 0 Å². The van der Waals surface area contributed by atoms with Gasteiger partial charge >= 0.3 is 5.97 Å². The Morgan fingerprint density at radius 2 is 1.83 bits per heavy atom. The summed E-state index contributed by atoms with van der Waals surface area (Å²) in [7, 11) is 0. The van der Waals surface area contributed by atoms with Gasteiger partial charge in [0.25, 0.3) is 0 Å². The van der Waals surface area contributed by atoms with Gasteiger partial charge in [0.2, 0.25) is 0 Å². The number of hydrogen-bond donors (Lipinski definition) is 2. The number of carbonyl (C=O) groups is 1. The zero-order chi connectivity index (χ0) is 19.4. The fourth-order valence-electron chi connectivity index (χ4n) is 4.34. The number of thioether (sulfide) groups is 1. The van der Waals surface area contributed by atoms with E-state index in [2.05, 4.69) is 33.7 Å². The predicted octanol–water partition coefficient (Wildman–Crippen LogP) is 4.84. The van der Waals surface area contributed by atoms with Gasteiger partial charge in [-0.3, -0.25) is 5.10 Å². The first-order valence-electron chi connectivity index (χ1n) is 9.60. The number of nitrogens with one attached hydrogen (secondary N) is 2. The molecule has 1 atom stereocenters. The summed E-state index contributed by atoms with van der Waals surface area (Å²) in [5.41, 5.74) is 5.91. The van der Waals surface area contributed by atoms with Crippen LogP contribution in [-0.4, -0.2) is 16.2 Å². The van der Waals surface area contributed by atoms with Crippen LogP contribution >= 0.6 is 11.8 Å². The molecule has 5 nitrogen and oxygen atoms in total. The molecule has 0 amide bonds. The lowest BCUT2D eigenvalue weighted by molar-refractivity contribution is -0.136. The van der Waals surface area contributed by atoms with Gasteiger partial charge < -0.3 is 10.1 Å². The Morgan fingerprint density at radius 3 is 2.69 bits per heavy atom. The zero-order valence-electron chi connectivity index (χ0n) is 15.4. The number of aromatic nitrogens is 2. The summed E-state index contributed by atoms with van der Waals surface area (Å²) in [5.74, 6) is 0.269. The molecule has 3 heterocycles. The van der Waals surface area contributed by atoms with E-state index in [1.807, 2.05) is 42.6 Å². The number of nitrogens with zero attached hydrogens (tertiary/aromatic N) is 1. The number of esters is 1. The second kappa shape index (κ2) is 6.39. The summed E-state index contributed by atoms with van der Waals surface area (Å²) in [4.78, 5) is 14.3. The lowest BCUT2D eigenvalue weighted by Crippen LogP contribution is -2.27. The summed E-state index contributed by atoms with van der Waals surface area (Å²) in [6, 6.07) is 18.3. The van der Waals surface area contributed by atoms with E-state index in [1.165, 1.54) is 5.56 Å². The van der Waals surface area contributed by atoms with Crippen molar-refractivity contribution in [3.63, 3.8) is 0 Å². The number of para-hydroxylation sites is 1. The number of aromatic amines is 1. The zero-order valence-corrected chi connectivity index (χ0v) is 16.3. The van der Waals surface area contributed by atoms with Crippen LogP contribution in [0.1, 0.15) is 29.2 Å². The minimum Gasteiger partial charge on any atom is -0.427 e. The van der Waals surface area contributed by atoms with Crippen LogP contribution in [0.15, 0.2) is 82.1 Å². The Hall–Kier alpha value is -3.25. The highest BCUT2D eigenvalue weighted by Crippen LogP contribution is 2.52. The lowest BCUT2D eigenvalue weighted by atomic mass is 9.77. The van der Waals surface area contributed by atoms with Crippen LogP contribution in [0, 0.1) is 0 Å². The van der Waals surface area contributed by atoms with Crippen molar-refractivity contribution in [2.75, 3.05) is 5.32 Å². The van der Waals surface area contributed by atoms with Crippen molar-refractivity contribution in [3.05, 3.63) is 94.0 Å². The number of fused-ring (bicyclic) bond motifs is 3. The Labute approximate surface area is 171 Å². The molecule has 6 heteroatoms. The number of rotatable bonds is 1. The Balaban J connectivity index is 1.58. The standard InChI is InChI=1S/C23H17N3O2S/c27-23-20(22-25-15-8-4-5-9-17(15)29-22)18(13-6-2-1-3-7-13)19-16(28-23)11-10-14-12-24-26-21(14)19/h1-9,12,18,25H,10-11H2,(H,24,26)/b22-20-. The van der Waals surface area contributed by atoms with Gasteiger partial charge in [-0.2, -0.15) is 5.10 Å². The van der Waals surface area contributed by atoms with Crippen LogP contribution in [0.4, 0.5) is 5.69 Å². The lowest BCUT2D eigenvalue weighted by Gasteiger charge is -2.33. The number of aryl methyl sites for hydroxylation is 1. The van der Waals surface area contributed by atoms with Crippen LogP contribution in [-0.2, 0) is 16.0 Å². The Bertz CT molecular complexity index is 1180. The molecular formula is C23H17N3O2S. The SMILES string of the molecule is O=C1OC2=C(c3[nH]ncc3CC2)C(c2ccccc2)/C1=C1\Nc2ccccc2S1. The molecule has 0 saturated carbocycles. The quantitative estimate of drug-likeness (QED) is 0.453. The summed E-state index contributed by atoms with van der Waals surface area (Å²) in [5, 5.41) is 11.7. The van der Waals surface area contributed by atoms with E-state index < -0.39 is 0 Å². The summed E-state index contributed by atoms with van der Waals surface area (Å²) in [6.45, 7) is 0. The van der Waals surface area contributed by atoms with Gasteiger partial charge in [0, 0.05) is 22.8 Å². The molecule has 6 rings (SSSR count). The molecule has 2 N–H and O–H groups in total. The maximum absolute atomic E-state index is 13.2. The number of hydrogen-bond acceptors (Lipinski definition) is 5. The van der Waals surface area contributed by atoms with Gasteiger partial charge in [-0.25, -0.2) is 4.79 Å². The maximum atomic E-state index is 13.2. The maximum Gasteiger partial charge on any atom is 0.342 e. The van der Waals surface area contributed by atoms with Crippen LogP contribution in [0.3, 0.4) is 0 Å². The fraction of sp³-hybridized carbons (Fsp3) is 0.130. The van der Waals surface area contributed by atoms with Crippen LogP contribution in [0.2, 0.25) is 0 Å². The van der Waals surface area contributed by atoms with E-state index in [1.54, 1.807) is 11.8 Å². The molecule has 1 aliphatic carbocycles. The minimum absolute atomic E-state index is 0.212. The van der Waals surface area contributed by atoms with E-state index in [-0.39, 0.29) is 11.9 Å². The summed E-state index contributed by atoms with van der Waals surface area (Å²) in [6.07, 6.45) is 3.41. The Morgan fingerprint density at radius 1 is 1.00 bits per heavy atom. The summed E-state index contributed by atoms with van der Waals surface area (Å²) < 4.78 is 5.87. The predicted molar refractivity (Wildman–Crippen MR) is 112 cm³/mol. The molecule has 0 spiro atoms. The highest BCUT2D eigenvalue weighted by Gasteiger charge is 2.42. The van der Waals surface area contributed by atoms with Crippen molar-refractivity contribution in [2.45, 2.75) is 23.7 Å². The van der Waals surface area contributed by atoms with E-state index in [0.717, 1.165) is 44.6 Å². The molecule has 0 saturated heterocycles. The number of H-pyrrole nitrogens is 1. The number of carbonyl (C=O) groups excluding carboxylic acids is 1. The first-order chi connectivity index (χ1) is 14.3. The van der Waals surface area contributed by atoms with Crippen LogP contribution < -0.4 is 5.32 Å². The first-order valence-corrected chi connectivity index (χ1v) is 10.4. The third-order valence-electron chi connectivity index (χ3n) is 5.65. The summed E-state index contributed by atoms with van der Waals surface area (Å²) >= 11 is 1.59. The van der Waals surface area contributed by atoms with Crippen LogP contribution in [0.25, 0.3) is 5.57 Å². The average molecular weight is 399 g/mol. The van der Waals surface area contributed by atoms with Crippen molar-refractivity contribution in [1.29, 1.82) is 0 Å². The van der Waals surface area contributed by atoms with Crippen LogP contribution in [0.5, 0.6) is 0 Å². The molecule has 142 valence electrons. The number of benzene rings is 2. The molecule has 0 bridgehead atoms. The van der Waals surface area contributed by atoms with Crippen molar-refractivity contribution < 1.29 is 9.53 Å². The van der Waals surface area contributed by atoms with Gasteiger partial charge in [-0.1, -0.05) is 54.2 Å². The third kappa shape index (κ3) is 2.56. The van der Waals surface area contributed by atoms with Gasteiger partial charge in [-0.05, 0) is 29.7 Å². The van der Waals surface area contributed by atoms with E-state index in [4.69, 9.17) is 4.74 Å². The minimum atomic E-state index is -0.275. The molecule has 1 aromatic heterocycles. The molecule has 1 unspecified atom stereocenters. The topological polar surface area (TPSA) is 67.0 Å². The molecule has 0 radical (unpaired) electrons. The number of allylic oxidation sites excluding steroid dienone is 2. The molecule has 2 aliphatic heterocycles. The highest BCUT2D eigenvalue weighted by atomic mass is 32.2. The van der Waals surface area contributed by atoms with E-state index in [9.17, 15) is 4.79 Å². The van der Waals surface area contributed by atoms with Gasteiger partial charge in [-0.15, -0.1) is 0 Å². The normalized spacial score (nSPS) is 22.5. The third-order valence-corrected chi connectivity index (χ3v) is 6.75. The largest absolute Gasteiger partial charge is 0.427 e. The average Bonchev–Trinajstić information content (AvgIpc) is 3.40. The van der Waals surface area contributed by atoms with Crippen molar-refractivity contribution in [1.82, 2.24) is 10.2 Å². The molecule has 2 aromatic carbocycles. The first kappa shape index (κ1) is 16.7. The van der Waals surface area contributed by atoms with Gasteiger partial charge in [0.1, 0.15) is 5.76 Å².